The smallest absolute Gasteiger partial charge is 0.133 e. The number of rotatable bonds is 5. The van der Waals surface area contributed by atoms with E-state index in [0.29, 0.717) is 16.6 Å². The van der Waals surface area contributed by atoms with Gasteiger partial charge in [-0.1, -0.05) is 60.7 Å². The van der Waals surface area contributed by atoms with E-state index in [9.17, 15) is 10.2 Å². The Balaban J connectivity index is 1.91. The molecule has 24 heavy (non-hydrogen) atoms. The molecule has 3 nitrogen and oxygen atoms in total. The minimum absolute atomic E-state index is 0.00880. The van der Waals surface area contributed by atoms with Gasteiger partial charge in [-0.2, -0.15) is 0 Å². The molecule has 3 aromatic carbocycles. The van der Waals surface area contributed by atoms with Crippen LogP contribution in [0.2, 0.25) is 0 Å². The number of hydrogen-bond acceptors (Lipinski definition) is 3. The van der Waals surface area contributed by atoms with Gasteiger partial charge in [-0.25, -0.2) is 0 Å². The fourth-order valence-electron chi connectivity index (χ4n) is 2.59. The monoisotopic (exact) mass is 384 g/mol. The summed E-state index contributed by atoms with van der Waals surface area (Å²) >= 11 is 3.41. The third kappa shape index (κ3) is 3.61. The lowest BCUT2D eigenvalue weighted by molar-refractivity contribution is 0.107. The number of halogens is 1. The van der Waals surface area contributed by atoms with Crippen LogP contribution in [0, 0.1) is 0 Å². The van der Waals surface area contributed by atoms with Gasteiger partial charge in [-0.05, 0) is 27.1 Å². The normalized spacial score (nSPS) is 10.7. The second-order valence-electron chi connectivity index (χ2n) is 5.43. The van der Waals surface area contributed by atoms with Crippen molar-refractivity contribution in [2.45, 2.75) is 13.2 Å². The van der Waals surface area contributed by atoms with Crippen LogP contribution in [0.3, 0.4) is 0 Å². The molecule has 0 fully saturated rings. The fourth-order valence-corrected chi connectivity index (χ4v) is 3.02. The molecule has 0 bridgehead atoms. The number of ether oxygens (including phenoxy) is 1. The molecule has 122 valence electrons. The summed E-state index contributed by atoms with van der Waals surface area (Å²) < 4.78 is 6.34. The van der Waals surface area contributed by atoms with Crippen molar-refractivity contribution in [1.29, 1.82) is 0 Å². The molecule has 0 saturated heterocycles. The van der Waals surface area contributed by atoms with E-state index in [1.807, 2.05) is 60.7 Å². The molecule has 0 saturated carbocycles. The first-order chi connectivity index (χ1) is 11.7. The molecular weight excluding hydrogens is 368 g/mol. The Hall–Kier alpha value is -2.30. The SMILES string of the molecule is Oc1cc(O)c(-c2ccccc2)c(COCc2ccccc2)c1Br. The molecule has 0 aliphatic rings. The van der Waals surface area contributed by atoms with E-state index in [4.69, 9.17) is 4.74 Å². The molecule has 4 heteroatoms. The quantitative estimate of drug-likeness (QED) is 0.631. The first-order valence-corrected chi connectivity index (χ1v) is 8.36. The minimum atomic E-state index is -0.00880. The van der Waals surface area contributed by atoms with Crippen molar-refractivity contribution < 1.29 is 14.9 Å². The van der Waals surface area contributed by atoms with Crippen LogP contribution in [-0.4, -0.2) is 10.2 Å². The van der Waals surface area contributed by atoms with Crippen LogP contribution in [-0.2, 0) is 18.0 Å². The van der Waals surface area contributed by atoms with E-state index in [1.54, 1.807) is 0 Å². The summed E-state index contributed by atoms with van der Waals surface area (Å²) in [5.74, 6) is 0.0192. The van der Waals surface area contributed by atoms with E-state index < -0.39 is 0 Å². The largest absolute Gasteiger partial charge is 0.507 e. The second kappa shape index (κ2) is 7.51. The lowest BCUT2D eigenvalue weighted by Gasteiger charge is -2.15. The van der Waals surface area contributed by atoms with Crippen molar-refractivity contribution in [1.82, 2.24) is 0 Å². The lowest BCUT2D eigenvalue weighted by atomic mass is 9.98. The van der Waals surface area contributed by atoms with Crippen LogP contribution in [0.4, 0.5) is 0 Å². The Bertz CT molecular complexity index is 817. The van der Waals surface area contributed by atoms with E-state index in [1.165, 1.54) is 6.07 Å². The summed E-state index contributed by atoms with van der Waals surface area (Å²) in [6.45, 7) is 0.722. The zero-order chi connectivity index (χ0) is 16.9. The standard InChI is InChI=1S/C20H17BrO3/c21-20-16(13-24-12-14-7-3-1-4-8-14)19(17(22)11-18(20)23)15-9-5-2-6-10-15/h1-11,22-23H,12-13H2. The second-order valence-corrected chi connectivity index (χ2v) is 6.22. The molecule has 0 amide bonds. The molecule has 0 aromatic heterocycles. The number of phenolic OH excluding ortho intramolecular Hbond substituents is 2. The Labute approximate surface area is 149 Å². The summed E-state index contributed by atoms with van der Waals surface area (Å²) in [7, 11) is 0. The molecule has 0 aliphatic carbocycles. The highest BCUT2D eigenvalue weighted by molar-refractivity contribution is 9.10. The average Bonchev–Trinajstić information content (AvgIpc) is 2.61. The molecule has 0 atom stereocenters. The van der Waals surface area contributed by atoms with Crippen molar-refractivity contribution in [3.63, 3.8) is 0 Å². The van der Waals surface area contributed by atoms with E-state index >= 15 is 0 Å². The van der Waals surface area contributed by atoms with E-state index in [2.05, 4.69) is 15.9 Å². The van der Waals surface area contributed by atoms with Crippen LogP contribution in [0.25, 0.3) is 11.1 Å². The van der Waals surface area contributed by atoms with Crippen LogP contribution in [0.1, 0.15) is 11.1 Å². The average molecular weight is 385 g/mol. The molecule has 3 aromatic rings. The summed E-state index contributed by atoms with van der Waals surface area (Å²) in [5.41, 5.74) is 3.32. The van der Waals surface area contributed by atoms with Crippen LogP contribution in [0.15, 0.2) is 71.2 Å². The molecule has 3 rings (SSSR count). The van der Waals surface area contributed by atoms with Gasteiger partial charge in [0, 0.05) is 17.2 Å². The van der Waals surface area contributed by atoms with Crippen LogP contribution >= 0.6 is 15.9 Å². The molecule has 0 radical (unpaired) electrons. The van der Waals surface area contributed by atoms with Gasteiger partial charge in [0.1, 0.15) is 11.5 Å². The van der Waals surface area contributed by atoms with Crippen LogP contribution in [0.5, 0.6) is 11.5 Å². The predicted molar refractivity (Wildman–Crippen MR) is 97.8 cm³/mol. The highest BCUT2D eigenvalue weighted by Gasteiger charge is 2.17. The zero-order valence-corrected chi connectivity index (χ0v) is 14.5. The number of hydrogen-bond donors (Lipinski definition) is 2. The first-order valence-electron chi connectivity index (χ1n) is 7.57. The zero-order valence-electron chi connectivity index (χ0n) is 12.9. The minimum Gasteiger partial charge on any atom is -0.507 e. The fraction of sp³-hybridized carbons (Fsp3) is 0.100. The van der Waals surface area contributed by atoms with Gasteiger partial charge in [0.25, 0.3) is 0 Å². The summed E-state index contributed by atoms with van der Waals surface area (Å²) in [6, 6.07) is 20.8. The topological polar surface area (TPSA) is 49.7 Å². The lowest BCUT2D eigenvalue weighted by Crippen LogP contribution is -1.98. The van der Waals surface area contributed by atoms with Gasteiger partial charge in [-0.3, -0.25) is 0 Å². The highest BCUT2D eigenvalue weighted by Crippen LogP contribution is 2.42. The maximum Gasteiger partial charge on any atom is 0.133 e. The van der Waals surface area contributed by atoms with Gasteiger partial charge < -0.3 is 14.9 Å². The first kappa shape index (κ1) is 16.6. The van der Waals surface area contributed by atoms with Crippen molar-refractivity contribution in [2.24, 2.45) is 0 Å². The molecule has 2 N–H and O–H groups in total. The molecule has 0 unspecified atom stereocenters. The Morgan fingerprint density at radius 1 is 0.792 bits per heavy atom. The maximum atomic E-state index is 10.3. The van der Waals surface area contributed by atoms with Crippen molar-refractivity contribution in [2.75, 3.05) is 0 Å². The molecule has 0 aliphatic heterocycles. The van der Waals surface area contributed by atoms with E-state index in [0.717, 1.165) is 16.7 Å². The Kier molecular flexibility index (Phi) is 5.18. The number of benzene rings is 3. The number of aromatic hydroxyl groups is 2. The van der Waals surface area contributed by atoms with Gasteiger partial charge >= 0.3 is 0 Å². The summed E-state index contributed by atoms with van der Waals surface area (Å²) in [5, 5.41) is 20.3. The molecule has 0 heterocycles. The summed E-state index contributed by atoms with van der Waals surface area (Å²) in [4.78, 5) is 0. The summed E-state index contributed by atoms with van der Waals surface area (Å²) in [6.07, 6.45) is 0. The van der Waals surface area contributed by atoms with Crippen LogP contribution < -0.4 is 0 Å². The molecule has 0 spiro atoms. The molecular formula is C20H17BrO3. The van der Waals surface area contributed by atoms with Crippen molar-refractivity contribution in [3.05, 3.63) is 82.3 Å². The highest BCUT2D eigenvalue weighted by atomic mass is 79.9. The predicted octanol–water partition coefficient (Wildman–Crippen LogP) is 5.24. The van der Waals surface area contributed by atoms with Gasteiger partial charge in [-0.15, -0.1) is 0 Å². The van der Waals surface area contributed by atoms with Gasteiger partial charge in [0.05, 0.1) is 17.7 Å². The Morgan fingerprint density at radius 3 is 2.08 bits per heavy atom. The third-order valence-corrected chi connectivity index (χ3v) is 4.63. The maximum absolute atomic E-state index is 10.3. The number of phenols is 2. The van der Waals surface area contributed by atoms with Gasteiger partial charge in [0.2, 0.25) is 0 Å². The third-order valence-electron chi connectivity index (χ3n) is 3.74. The van der Waals surface area contributed by atoms with E-state index in [-0.39, 0.29) is 18.1 Å². The van der Waals surface area contributed by atoms with Crippen molar-refractivity contribution in [3.8, 4) is 22.6 Å². The van der Waals surface area contributed by atoms with Crippen molar-refractivity contribution >= 4 is 15.9 Å². The Morgan fingerprint density at radius 2 is 1.42 bits per heavy atom. The van der Waals surface area contributed by atoms with Gasteiger partial charge in [0.15, 0.2) is 0 Å².